The average molecular weight is 271 g/mol. The molecule has 2 fully saturated rings. The smallest absolute Gasteiger partial charge is 0.0906 e. The number of rotatable bonds is 1. The first-order valence-electron chi connectivity index (χ1n) is 5.64. The van der Waals surface area contributed by atoms with Crippen LogP contribution in [0.1, 0.15) is 38.1 Å². The van der Waals surface area contributed by atoms with Crippen LogP contribution in [0.3, 0.4) is 0 Å². The topological polar surface area (TPSA) is 27.1 Å². The third-order valence-corrected chi connectivity index (χ3v) is 4.12. The molecule has 1 aliphatic heterocycles. The van der Waals surface area contributed by atoms with Gasteiger partial charge in [-0.25, -0.2) is 0 Å². The molecule has 15 heavy (non-hydrogen) atoms. The van der Waals surface area contributed by atoms with Crippen molar-refractivity contribution in [3.05, 3.63) is 16.9 Å². The fraction of sp³-hybridized carbons (Fsp3) is 0.727. The van der Waals surface area contributed by atoms with Crippen LogP contribution in [0.2, 0.25) is 0 Å². The predicted molar refractivity (Wildman–Crippen MR) is 60.7 cm³/mol. The number of hydrogen-bond donors (Lipinski definition) is 0. The molecule has 82 valence electrons. The van der Waals surface area contributed by atoms with Gasteiger partial charge in [0.25, 0.3) is 0 Å². The van der Waals surface area contributed by atoms with Crippen LogP contribution in [0, 0.1) is 0 Å². The summed E-state index contributed by atoms with van der Waals surface area (Å²) in [7, 11) is 0. The van der Waals surface area contributed by atoms with Gasteiger partial charge in [-0.3, -0.25) is 4.68 Å². The first kappa shape index (κ1) is 9.85. The molecule has 3 rings (SSSR count). The van der Waals surface area contributed by atoms with Gasteiger partial charge in [0.05, 0.1) is 22.3 Å². The highest BCUT2D eigenvalue weighted by Gasteiger charge is 2.47. The molecule has 0 amide bonds. The summed E-state index contributed by atoms with van der Waals surface area (Å²) < 4.78 is 9.15. The van der Waals surface area contributed by atoms with Gasteiger partial charge in [-0.2, -0.15) is 5.10 Å². The Morgan fingerprint density at radius 2 is 2.33 bits per heavy atom. The van der Waals surface area contributed by atoms with Gasteiger partial charge in [-0.15, -0.1) is 0 Å². The molecule has 1 aliphatic carbocycles. The fourth-order valence-corrected chi connectivity index (χ4v) is 3.36. The Morgan fingerprint density at radius 1 is 1.47 bits per heavy atom. The van der Waals surface area contributed by atoms with E-state index < -0.39 is 0 Å². The number of ether oxygens (including phenoxy) is 1. The first-order chi connectivity index (χ1) is 7.30. The Hall–Kier alpha value is -0.350. The second-order valence-electron chi connectivity index (χ2n) is 4.56. The fourth-order valence-electron chi connectivity index (χ4n) is 3.06. The summed E-state index contributed by atoms with van der Waals surface area (Å²) in [4.78, 5) is 0. The van der Waals surface area contributed by atoms with Gasteiger partial charge in [0.2, 0.25) is 0 Å². The van der Waals surface area contributed by atoms with E-state index in [1.54, 1.807) is 0 Å². The molecule has 1 saturated heterocycles. The second kappa shape index (κ2) is 3.59. The number of nitrogens with zero attached hydrogens (tertiary/aromatic N) is 2. The molecule has 0 bridgehead atoms. The van der Waals surface area contributed by atoms with E-state index in [9.17, 15) is 0 Å². The van der Waals surface area contributed by atoms with Crippen LogP contribution >= 0.6 is 15.9 Å². The molecular formula is C11H15BrN2O. The normalized spacial score (nSPS) is 35.4. The molecule has 1 spiro atoms. The molecule has 3 nitrogen and oxygen atoms in total. The summed E-state index contributed by atoms with van der Waals surface area (Å²) >= 11 is 3.45. The van der Waals surface area contributed by atoms with Crippen molar-refractivity contribution >= 4 is 15.9 Å². The van der Waals surface area contributed by atoms with Gasteiger partial charge < -0.3 is 4.74 Å². The molecule has 1 aromatic rings. The van der Waals surface area contributed by atoms with Crippen molar-refractivity contribution in [1.82, 2.24) is 9.78 Å². The third-order valence-electron chi connectivity index (χ3n) is 3.71. The molecular weight excluding hydrogens is 256 g/mol. The predicted octanol–water partition coefficient (Wildman–Crippen LogP) is 2.92. The Balaban J connectivity index is 1.91. The molecule has 1 aromatic heterocycles. The summed E-state index contributed by atoms with van der Waals surface area (Å²) in [5.74, 6) is 0. The molecule has 0 aromatic carbocycles. The lowest BCUT2D eigenvalue weighted by Crippen LogP contribution is -2.34. The zero-order valence-electron chi connectivity index (χ0n) is 8.66. The van der Waals surface area contributed by atoms with Crippen molar-refractivity contribution in [3.8, 4) is 0 Å². The van der Waals surface area contributed by atoms with Gasteiger partial charge >= 0.3 is 0 Å². The lowest BCUT2D eigenvalue weighted by molar-refractivity contribution is -0.0248. The molecule has 2 aliphatic rings. The van der Waals surface area contributed by atoms with E-state index in [-0.39, 0.29) is 5.60 Å². The number of hydrogen-bond acceptors (Lipinski definition) is 2. The average Bonchev–Trinajstić information content (AvgIpc) is 2.90. The van der Waals surface area contributed by atoms with Crippen molar-refractivity contribution in [2.24, 2.45) is 0 Å². The lowest BCUT2D eigenvalue weighted by Gasteiger charge is -2.30. The quantitative estimate of drug-likeness (QED) is 0.785. The lowest BCUT2D eigenvalue weighted by atomic mass is 9.94. The van der Waals surface area contributed by atoms with Crippen LogP contribution < -0.4 is 0 Å². The van der Waals surface area contributed by atoms with Gasteiger partial charge in [0, 0.05) is 12.8 Å². The summed E-state index contributed by atoms with van der Waals surface area (Å²) in [6.45, 7) is 0.930. The zero-order valence-corrected chi connectivity index (χ0v) is 10.2. The highest BCUT2D eigenvalue weighted by molar-refractivity contribution is 9.10. The Labute approximate surface area is 97.9 Å². The van der Waals surface area contributed by atoms with Crippen molar-refractivity contribution in [2.75, 3.05) is 6.61 Å². The van der Waals surface area contributed by atoms with E-state index in [4.69, 9.17) is 4.74 Å². The second-order valence-corrected chi connectivity index (χ2v) is 5.48. The zero-order chi connectivity index (χ0) is 10.3. The van der Waals surface area contributed by atoms with E-state index in [0.29, 0.717) is 6.04 Å². The number of halogens is 1. The Kier molecular flexibility index (Phi) is 2.36. The largest absolute Gasteiger partial charge is 0.373 e. The van der Waals surface area contributed by atoms with Crippen molar-refractivity contribution < 1.29 is 4.74 Å². The summed E-state index contributed by atoms with van der Waals surface area (Å²) in [6, 6.07) is 0.450. The summed E-state index contributed by atoms with van der Waals surface area (Å²) in [5.41, 5.74) is 0.103. The first-order valence-corrected chi connectivity index (χ1v) is 6.43. The monoisotopic (exact) mass is 270 g/mol. The van der Waals surface area contributed by atoms with E-state index in [1.807, 2.05) is 6.20 Å². The van der Waals surface area contributed by atoms with E-state index in [1.165, 1.54) is 32.1 Å². The van der Waals surface area contributed by atoms with Crippen LogP contribution in [-0.4, -0.2) is 22.0 Å². The Bertz CT molecular complexity index is 352. The maximum atomic E-state index is 6.00. The molecule has 2 heterocycles. The van der Waals surface area contributed by atoms with Crippen molar-refractivity contribution in [2.45, 2.75) is 43.7 Å². The van der Waals surface area contributed by atoms with Crippen LogP contribution in [0.5, 0.6) is 0 Å². The molecule has 4 heteroatoms. The van der Waals surface area contributed by atoms with Crippen LogP contribution in [0.4, 0.5) is 0 Å². The van der Waals surface area contributed by atoms with Crippen molar-refractivity contribution in [1.29, 1.82) is 0 Å². The Morgan fingerprint density at radius 3 is 3.00 bits per heavy atom. The van der Waals surface area contributed by atoms with Crippen LogP contribution in [0.15, 0.2) is 16.9 Å². The molecule has 1 saturated carbocycles. The minimum Gasteiger partial charge on any atom is -0.373 e. The van der Waals surface area contributed by atoms with E-state index in [0.717, 1.165) is 11.1 Å². The van der Waals surface area contributed by atoms with E-state index >= 15 is 0 Å². The molecule has 0 N–H and O–H groups in total. The van der Waals surface area contributed by atoms with Gasteiger partial charge in [-0.1, -0.05) is 0 Å². The number of aromatic nitrogens is 2. The van der Waals surface area contributed by atoms with Gasteiger partial charge in [-0.05, 0) is 48.0 Å². The highest BCUT2D eigenvalue weighted by Crippen LogP contribution is 2.47. The minimum atomic E-state index is 0.103. The maximum absolute atomic E-state index is 6.00. The molecule has 0 radical (unpaired) electrons. The van der Waals surface area contributed by atoms with Gasteiger partial charge in [0.1, 0.15) is 0 Å². The SMILES string of the molecule is Brc1cnn([C@@H]2CCC[C@@]23CCCO3)c1. The van der Waals surface area contributed by atoms with Crippen LogP contribution in [-0.2, 0) is 4.74 Å². The molecule has 2 atom stereocenters. The minimum absolute atomic E-state index is 0.103. The standard InChI is InChI=1S/C11H15BrN2O/c12-9-7-13-14(8-9)10-3-1-4-11(10)5-2-6-15-11/h7-8,10H,1-6H2/t10-,11-/m1/s1. The summed E-state index contributed by atoms with van der Waals surface area (Å²) in [6.07, 6.45) is 10.0. The maximum Gasteiger partial charge on any atom is 0.0906 e. The van der Waals surface area contributed by atoms with E-state index in [2.05, 4.69) is 31.9 Å². The van der Waals surface area contributed by atoms with Crippen molar-refractivity contribution in [3.63, 3.8) is 0 Å². The van der Waals surface area contributed by atoms with Gasteiger partial charge in [0.15, 0.2) is 0 Å². The third kappa shape index (κ3) is 1.54. The van der Waals surface area contributed by atoms with Crippen LogP contribution in [0.25, 0.3) is 0 Å². The summed E-state index contributed by atoms with van der Waals surface area (Å²) in [5, 5.41) is 4.41. The molecule has 0 unspecified atom stereocenters. The highest BCUT2D eigenvalue weighted by atomic mass is 79.9.